The van der Waals surface area contributed by atoms with Gasteiger partial charge in [-0.15, -0.1) is 0 Å². The highest BCUT2D eigenvalue weighted by molar-refractivity contribution is 6.33. The van der Waals surface area contributed by atoms with Crippen molar-refractivity contribution in [1.82, 2.24) is 20.5 Å². The average Bonchev–Trinajstić information content (AvgIpc) is 3.07. The minimum absolute atomic E-state index is 0.0715. The third-order valence-corrected chi connectivity index (χ3v) is 4.93. The molecule has 2 amide bonds. The smallest absolute Gasteiger partial charge is 0.319 e. The van der Waals surface area contributed by atoms with Gasteiger partial charge in [-0.3, -0.25) is 5.10 Å². The number of halogens is 1. The van der Waals surface area contributed by atoms with Gasteiger partial charge in [0.1, 0.15) is 0 Å². The Bertz CT molecular complexity index is 952. The SMILES string of the molecule is Cc1ccc(Cl)c(NC(=O)NC2CCc3c(cnc4[nH]ncc34)C2)c1. The number of urea groups is 1. The summed E-state index contributed by atoms with van der Waals surface area (Å²) in [6.07, 6.45) is 6.23. The van der Waals surface area contributed by atoms with Crippen LogP contribution in [0.3, 0.4) is 0 Å². The number of anilines is 1. The number of hydrogen-bond donors (Lipinski definition) is 3. The molecule has 0 saturated heterocycles. The third kappa shape index (κ3) is 3.17. The van der Waals surface area contributed by atoms with Gasteiger partial charge in [0, 0.05) is 17.6 Å². The molecular weight excluding hydrogens is 338 g/mol. The molecule has 6 nitrogen and oxygen atoms in total. The fourth-order valence-electron chi connectivity index (χ4n) is 3.35. The number of hydrogen-bond acceptors (Lipinski definition) is 3. The molecule has 0 bridgehead atoms. The van der Waals surface area contributed by atoms with Crippen LogP contribution in [-0.2, 0) is 12.8 Å². The van der Waals surface area contributed by atoms with Gasteiger partial charge in [0.25, 0.3) is 0 Å². The quantitative estimate of drug-likeness (QED) is 0.656. The number of fused-ring (bicyclic) bond motifs is 3. The molecule has 0 saturated carbocycles. The molecule has 2 aromatic heterocycles. The number of rotatable bonds is 2. The topological polar surface area (TPSA) is 82.7 Å². The van der Waals surface area contributed by atoms with E-state index in [1.54, 1.807) is 6.07 Å². The zero-order valence-corrected chi connectivity index (χ0v) is 14.5. The Morgan fingerprint density at radius 1 is 1.36 bits per heavy atom. The van der Waals surface area contributed by atoms with Gasteiger partial charge in [0.2, 0.25) is 0 Å². The second-order valence-corrected chi connectivity index (χ2v) is 6.82. The van der Waals surface area contributed by atoms with E-state index in [1.807, 2.05) is 31.5 Å². The van der Waals surface area contributed by atoms with Crippen molar-refractivity contribution in [2.24, 2.45) is 0 Å². The van der Waals surface area contributed by atoms with Crippen LogP contribution in [0.4, 0.5) is 10.5 Å². The molecule has 1 unspecified atom stereocenters. The second kappa shape index (κ2) is 6.37. The standard InChI is InChI=1S/C18H18ClN5O/c1-10-2-5-15(19)16(6-10)23-18(25)22-12-3-4-13-11(7-12)8-20-17-14(13)9-21-24-17/h2,5-6,8-9,12H,3-4,7H2,1H3,(H,20,21,24)(H2,22,23,25). The van der Waals surface area contributed by atoms with Crippen molar-refractivity contribution < 1.29 is 4.79 Å². The van der Waals surface area contributed by atoms with E-state index < -0.39 is 0 Å². The molecule has 4 rings (SSSR count). The van der Waals surface area contributed by atoms with Crippen LogP contribution in [0.25, 0.3) is 11.0 Å². The summed E-state index contributed by atoms with van der Waals surface area (Å²) in [4.78, 5) is 16.7. The molecule has 1 aromatic carbocycles. The highest BCUT2D eigenvalue weighted by Crippen LogP contribution is 2.27. The van der Waals surface area contributed by atoms with Crippen LogP contribution in [0.1, 0.15) is 23.1 Å². The molecule has 2 heterocycles. The maximum atomic E-state index is 12.3. The Morgan fingerprint density at radius 2 is 2.24 bits per heavy atom. The summed E-state index contributed by atoms with van der Waals surface area (Å²) in [5.41, 5.74) is 4.92. The van der Waals surface area contributed by atoms with Crippen molar-refractivity contribution in [3.63, 3.8) is 0 Å². The van der Waals surface area contributed by atoms with E-state index in [4.69, 9.17) is 11.6 Å². The summed E-state index contributed by atoms with van der Waals surface area (Å²) in [5.74, 6) is 0. The largest absolute Gasteiger partial charge is 0.335 e. The molecule has 25 heavy (non-hydrogen) atoms. The molecule has 3 N–H and O–H groups in total. The molecule has 1 aliphatic carbocycles. The van der Waals surface area contributed by atoms with Crippen molar-refractivity contribution in [3.05, 3.63) is 52.3 Å². The first-order valence-corrected chi connectivity index (χ1v) is 8.61. The Morgan fingerprint density at radius 3 is 3.12 bits per heavy atom. The van der Waals surface area contributed by atoms with Crippen molar-refractivity contribution in [1.29, 1.82) is 0 Å². The lowest BCUT2D eigenvalue weighted by Crippen LogP contribution is -2.41. The number of H-pyrrole nitrogens is 1. The van der Waals surface area contributed by atoms with E-state index in [9.17, 15) is 4.79 Å². The molecule has 1 aliphatic rings. The predicted molar refractivity (Wildman–Crippen MR) is 98.0 cm³/mol. The van der Waals surface area contributed by atoms with Crippen LogP contribution in [0.15, 0.2) is 30.6 Å². The normalized spacial score (nSPS) is 16.5. The number of benzene rings is 1. The first-order valence-electron chi connectivity index (χ1n) is 8.23. The number of pyridine rings is 1. The molecular formula is C18H18ClN5O. The number of nitrogens with zero attached hydrogens (tertiary/aromatic N) is 2. The molecule has 7 heteroatoms. The predicted octanol–water partition coefficient (Wildman–Crippen LogP) is 3.60. The number of aryl methyl sites for hydroxylation is 2. The van der Waals surface area contributed by atoms with Crippen LogP contribution in [0, 0.1) is 6.92 Å². The number of aromatic amines is 1. The highest BCUT2D eigenvalue weighted by Gasteiger charge is 2.23. The monoisotopic (exact) mass is 355 g/mol. The fourth-order valence-corrected chi connectivity index (χ4v) is 3.52. The van der Waals surface area contributed by atoms with E-state index in [-0.39, 0.29) is 12.1 Å². The van der Waals surface area contributed by atoms with Crippen LogP contribution < -0.4 is 10.6 Å². The van der Waals surface area contributed by atoms with Gasteiger partial charge >= 0.3 is 6.03 Å². The Hall–Kier alpha value is -2.60. The average molecular weight is 356 g/mol. The number of amides is 2. The van der Waals surface area contributed by atoms with Gasteiger partial charge in [0.15, 0.2) is 5.65 Å². The first-order chi connectivity index (χ1) is 12.1. The van der Waals surface area contributed by atoms with Crippen LogP contribution in [0.2, 0.25) is 5.02 Å². The highest BCUT2D eigenvalue weighted by atomic mass is 35.5. The number of carbonyl (C=O) groups excluding carboxylic acids is 1. The van der Waals surface area contributed by atoms with Gasteiger partial charge in [-0.05, 0) is 55.0 Å². The van der Waals surface area contributed by atoms with E-state index >= 15 is 0 Å². The van der Waals surface area contributed by atoms with Crippen LogP contribution >= 0.6 is 11.6 Å². The van der Waals surface area contributed by atoms with Crippen molar-refractivity contribution in [2.45, 2.75) is 32.2 Å². The third-order valence-electron chi connectivity index (χ3n) is 4.60. The number of aromatic nitrogens is 3. The van der Waals surface area contributed by atoms with Gasteiger partial charge in [-0.25, -0.2) is 9.78 Å². The minimum atomic E-state index is -0.238. The maximum absolute atomic E-state index is 12.3. The summed E-state index contributed by atoms with van der Waals surface area (Å²) in [5, 5.41) is 14.4. The zero-order chi connectivity index (χ0) is 17.4. The van der Waals surface area contributed by atoms with Crippen LogP contribution in [0.5, 0.6) is 0 Å². The van der Waals surface area contributed by atoms with E-state index in [0.717, 1.165) is 35.9 Å². The molecule has 128 valence electrons. The summed E-state index contributed by atoms with van der Waals surface area (Å²) < 4.78 is 0. The van der Waals surface area contributed by atoms with E-state index in [0.29, 0.717) is 10.7 Å². The van der Waals surface area contributed by atoms with Crippen molar-refractivity contribution >= 4 is 34.4 Å². The van der Waals surface area contributed by atoms with Crippen molar-refractivity contribution in [2.75, 3.05) is 5.32 Å². The minimum Gasteiger partial charge on any atom is -0.335 e. The molecule has 0 spiro atoms. The van der Waals surface area contributed by atoms with Crippen molar-refractivity contribution in [3.8, 4) is 0 Å². The summed E-state index contributed by atoms with van der Waals surface area (Å²) in [6.45, 7) is 1.96. The zero-order valence-electron chi connectivity index (χ0n) is 13.8. The lowest BCUT2D eigenvalue weighted by Gasteiger charge is -2.25. The van der Waals surface area contributed by atoms with Gasteiger partial charge in [-0.1, -0.05) is 17.7 Å². The summed E-state index contributed by atoms with van der Waals surface area (Å²) in [6, 6.07) is 5.39. The Labute approximate surface area is 150 Å². The van der Waals surface area contributed by atoms with Gasteiger partial charge in [-0.2, -0.15) is 5.10 Å². The van der Waals surface area contributed by atoms with Gasteiger partial charge < -0.3 is 10.6 Å². The summed E-state index contributed by atoms with van der Waals surface area (Å²) in [7, 11) is 0. The fraction of sp³-hybridized carbons (Fsp3) is 0.278. The van der Waals surface area contributed by atoms with E-state index in [1.165, 1.54) is 11.1 Å². The first kappa shape index (κ1) is 15.9. The van der Waals surface area contributed by atoms with Gasteiger partial charge in [0.05, 0.1) is 16.9 Å². The van der Waals surface area contributed by atoms with E-state index in [2.05, 4.69) is 25.8 Å². The second-order valence-electron chi connectivity index (χ2n) is 6.42. The molecule has 0 radical (unpaired) electrons. The number of carbonyl (C=O) groups is 1. The lowest BCUT2D eigenvalue weighted by molar-refractivity contribution is 0.247. The molecule has 0 fully saturated rings. The number of nitrogens with one attached hydrogen (secondary N) is 3. The molecule has 3 aromatic rings. The lowest BCUT2D eigenvalue weighted by atomic mass is 9.88. The molecule has 1 atom stereocenters. The Balaban J connectivity index is 1.45. The maximum Gasteiger partial charge on any atom is 0.319 e. The Kier molecular flexibility index (Phi) is 4.05. The molecule has 0 aliphatic heterocycles. The van der Waals surface area contributed by atoms with Crippen LogP contribution in [-0.4, -0.2) is 27.3 Å². The summed E-state index contributed by atoms with van der Waals surface area (Å²) >= 11 is 6.14.